The summed E-state index contributed by atoms with van der Waals surface area (Å²) in [6.45, 7) is 6.03. The van der Waals surface area contributed by atoms with Gasteiger partial charge in [0.1, 0.15) is 6.04 Å². The summed E-state index contributed by atoms with van der Waals surface area (Å²) >= 11 is 0. The van der Waals surface area contributed by atoms with E-state index in [1.807, 2.05) is 43.3 Å². The standard InChI is InChI=1S/C22H30N2O3S/c1-5-21(24(28(4,26)27)19-14-10-7-11-15-19)22(25)23-20(16-17(2)3)18-12-8-6-9-13-18/h6-15,17,20-21H,5,16H2,1-4H3,(H,23,25)/t20-,21+/m0/s1. The second kappa shape index (κ2) is 9.73. The Morgan fingerprint density at radius 2 is 1.54 bits per heavy atom. The lowest BCUT2D eigenvalue weighted by molar-refractivity contribution is -0.123. The fraction of sp³-hybridized carbons (Fsp3) is 0.409. The second-order valence-electron chi connectivity index (χ2n) is 7.42. The molecule has 152 valence electrons. The zero-order valence-corrected chi connectivity index (χ0v) is 17.8. The van der Waals surface area contributed by atoms with Crippen LogP contribution in [0.25, 0.3) is 0 Å². The Morgan fingerprint density at radius 3 is 2.00 bits per heavy atom. The Kier molecular flexibility index (Phi) is 7.63. The molecule has 0 unspecified atom stereocenters. The highest BCUT2D eigenvalue weighted by atomic mass is 32.2. The van der Waals surface area contributed by atoms with Gasteiger partial charge in [-0.25, -0.2) is 8.42 Å². The van der Waals surface area contributed by atoms with Crippen LogP contribution in [0, 0.1) is 5.92 Å². The van der Waals surface area contributed by atoms with E-state index in [1.165, 1.54) is 4.31 Å². The fourth-order valence-electron chi connectivity index (χ4n) is 3.34. The van der Waals surface area contributed by atoms with Crippen LogP contribution in [0.2, 0.25) is 0 Å². The van der Waals surface area contributed by atoms with Gasteiger partial charge in [-0.1, -0.05) is 69.3 Å². The lowest BCUT2D eigenvalue weighted by Gasteiger charge is -2.32. The van der Waals surface area contributed by atoms with Gasteiger partial charge in [0.2, 0.25) is 15.9 Å². The van der Waals surface area contributed by atoms with E-state index in [1.54, 1.807) is 24.3 Å². The Labute approximate surface area is 168 Å². The number of carbonyl (C=O) groups excluding carboxylic acids is 1. The Bertz CT molecular complexity index is 852. The molecule has 0 aromatic heterocycles. The Morgan fingerprint density at radius 1 is 1.00 bits per heavy atom. The van der Waals surface area contributed by atoms with Crippen molar-refractivity contribution in [2.75, 3.05) is 10.6 Å². The third kappa shape index (κ3) is 5.83. The van der Waals surface area contributed by atoms with Gasteiger partial charge in [-0.2, -0.15) is 0 Å². The number of nitrogens with zero attached hydrogens (tertiary/aromatic N) is 1. The van der Waals surface area contributed by atoms with Gasteiger partial charge >= 0.3 is 0 Å². The van der Waals surface area contributed by atoms with Crippen molar-refractivity contribution < 1.29 is 13.2 Å². The number of benzene rings is 2. The van der Waals surface area contributed by atoms with Crippen LogP contribution in [0.4, 0.5) is 5.69 Å². The van der Waals surface area contributed by atoms with Crippen molar-refractivity contribution >= 4 is 21.6 Å². The molecule has 5 nitrogen and oxygen atoms in total. The van der Waals surface area contributed by atoms with Crippen LogP contribution in [-0.2, 0) is 14.8 Å². The van der Waals surface area contributed by atoms with Crippen molar-refractivity contribution in [3.05, 3.63) is 66.2 Å². The summed E-state index contributed by atoms with van der Waals surface area (Å²) in [7, 11) is -3.63. The summed E-state index contributed by atoms with van der Waals surface area (Å²) in [4.78, 5) is 13.2. The van der Waals surface area contributed by atoms with E-state index >= 15 is 0 Å². The van der Waals surface area contributed by atoms with Crippen LogP contribution in [0.1, 0.15) is 45.2 Å². The molecule has 28 heavy (non-hydrogen) atoms. The zero-order chi connectivity index (χ0) is 20.7. The maximum atomic E-state index is 13.2. The number of carbonyl (C=O) groups is 1. The first-order valence-electron chi connectivity index (χ1n) is 9.63. The maximum Gasteiger partial charge on any atom is 0.244 e. The number of sulfonamides is 1. The highest BCUT2D eigenvalue weighted by Crippen LogP contribution is 2.25. The number of rotatable bonds is 9. The normalized spacial score (nSPS) is 13.8. The smallest absolute Gasteiger partial charge is 0.244 e. The molecule has 0 heterocycles. The van der Waals surface area contributed by atoms with Gasteiger partial charge in [0.25, 0.3) is 0 Å². The van der Waals surface area contributed by atoms with Gasteiger partial charge < -0.3 is 5.32 Å². The van der Waals surface area contributed by atoms with Crippen molar-refractivity contribution in [1.29, 1.82) is 0 Å². The van der Waals surface area contributed by atoms with Crippen molar-refractivity contribution in [2.45, 2.75) is 45.7 Å². The van der Waals surface area contributed by atoms with Crippen molar-refractivity contribution in [3.8, 4) is 0 Å². The zero-order valence-electron chi connectivity index (χ0n) is 17.0. The van der Waals surface area contributed by atoms with Gasteiger partial charge in [-0.3, -0.25) is 9.10 Å². The van der Waals surface area contributed by atoms with Crippen LogP contribution in [-0.4, -0.2) is 26.6 Å². The van der Waals surface area contributed by atoms with E-state index in [2.05, 4.69) is 19.2 Å². The number of anilines is 1. The van der Waals surface area contributed by atoms with Crippen LogP contribution in [0.15, 0.2) is 60.7 Å². The molecule has 2 rings (SSSR count). The minimum atomic E-state index is -3.63. The van der Waals surface area contributed by atoms with Gasteiger partial charge in [-0.15, -0.1) is 0 Å². The van der Waals surface area contributed by atoms with E-state index in [0.29, 0.717) is 18.0 Å². The molecule has 0 saturated carbocycles. The van der Waals surface area contributed by atoms with E-state index in [0.717, 1.165) is 18.2 Å². The van der Waals surface area contributed by atoms with Crippen molar-refractivity contribution in [1.82, 2.24) is 5.32 Å². The van der Waals surface area contributed by atoms with Gasteiger partial charge in [-0.05, 0) is 36.5 Å². The van der Waals surface area contributed by atoms with Crippen LogP contribution < -0.4 is 9.62 Å². The summed E-state index contributed by atoms with van der Waals surface area (Å²) in [6, 6.07) is 17.6. The Balaban J connectivity index is 2.34. The highest BCUT2D eigenvalue weighted by Gasteiger charge is 2.32. The summed E-state index contributed by atoms with van der Waals surface area (Å²) in [6.07, 6.45) is 2.28. The summed E-state index contributed by atoms with van der Waals surface area (Å²) in [5.41, 5.74) is 1.51. The van der Waals surface area contributed by atoms with Gasteiger partial charge in [0, 0.05) is 0 Å². The predicted molar refractivity (Wildman–Crippen MR) is 115 cm³/mol. The molecular weight excluding hydrogens is 372 g/mol. The summed E-state index contributed by atoms with van der Waals surface area (Å²) < 4.78 is 26.3. The molecule has 2 atom stereocenters. The Hall–Kier alpha value is -2.34. The molecule has 0 fully saturated rings. The molecular formula is C22H30N2O3S. The van der Waals surface area contributed by atoms with Gasteiger partial charge in [0.15, 0.2) is 0 Å². The number of hydrogen-bond donors (Lipinski definition) is 1. The lowest BCUT2D eigenvalue weighted by Crippen LogP contribution is -2.50. The topological polar surface area (TPSA) is 66.5 Å². The average molecular weight is 403 g/mol. The maximum absolute atomic E-state index is 13.2. The molecule has 1 amide bonds. The van der Waals surface area contributed by atoms with Crippen molar-refractivity contribution in [2.24, 2.45) is 5.92 Å². The molecule has 2 aromatic carbocycles. The molecule has 6 heteroatoms. The first-order valence-corrected chi connectivity index (χ1v) is 11.5. The largest absolute Gasteiger partial charge is 0.347 e. The second-order valence-corrected chi connectivity index (χ2v) is 9.28. The predicted octanol–water partition coefficient (Wildman–Crippen LogP) is 4.13. The first-order chi connectivity index (χ1) is 13.2. The number of nitrogens with one attached hydrogen (secondary N) is 1. The monoisotopic (exact) mass is 402 g/mol. The lowest BCUT2D eigenvalue weighted by atomic mass is 9.96. The van der Waals surface area contributed by atoms with E-state index in [4.69, 9.17) is 0 Å². The van der Waals surface area contributed by atoms with Crippen LogP contribution >= 0.6 is 0 Å². The fourth-order valence-corrected chi connectivity index (χ4v) is 4.55. The average Bonchev–Trinajstić information content (AvgIpc) is 2.65. The highest BCUT2D eigenvalue weighted by molar-refractivity contribution is 7.92. The summed E-state index contributed by atoms with van der Waals surface area (Å²) in [5, 5.41) is 3.09. The minimum absolute atomic E-state index is 0.167. The van der Waals surface area contributed by atoms with E-state index in [9.17, 15) is 13.2 Å². The number of amides is 1. The molecule has 2 aromatic rings. The molecule has 0 radical (unpaired) electrons. The minimum Gasteiger partial charge on any atom is -0.347 e. The number of para-hydroxylation sites is 1. The molecule has 0 aliphatic rings. The number of hydrogen-bond acceptors (Lipinski definition) is 3. The molecule has 0 spiro atoms. The summed E-state index contributed by atoms with van der Waals surface area (Å²) in [5.74, 6) is 0.0944. The van der Waals surface area contributed by atoms with Gasteiger partial charge in [0.05, 0.1) is 18.0 Å². The molecule has 0 aliphatic carbocycles. The SMILES string of the molecule is CC[C@H](C(=O)N[C@@H](CC(C)C)c1ccccc1)N(c1ccccc1)S(C)(=O)=O. The quantitative estimate of drug-likeness (QED) is 0.686. The third-order valence-corrected chi connectivity index (χ3v) is 5.75. The molecule has 1 N–H and O–H groups in total. The molecule has 0 aliphatic heterocycles. The van der Waals surface area contributed by atoms with E-state index in [-0.39, 0.29) is 11.9 Å². The van der Waals surface area contributed by atoms with E-state index < -0.39 is 16.1 Å². The van der Waals surface area contributed by atoms with Crippen LogP contribution in [0.3, 0.4) is 0 Å². The molecule has 0 bridgehead atoms. The first kappa shape index (κ1) is 22.0. The van der Waals surface area contributed by atoms with Crippen LogP contribution in [0.5, 0.6) is 0 Å². The third-order valence-electron chi connectivity index (χ3n) is 4.57. The molecule has 0 saturated heterocycles. The van der Waals surface area contributed by atoms with Crippen molar-refractivity contribution in [3.63, 3.8) is 0 Å².